The highest BCUT2D eigenvalue weighted by Gasteiger charge is 2.19. The molecule has 0 aromatic heterocycles. The van der Waals surface area contributed by atoms with E-state index in [1.807, 2.05) is 0 Å². The first-order valence-corrected chi connectivity index (χ1v) is 35.4. The van der Waals surface area contributed by atoms with Crippen LogP contribution in [0.5, 0.6) is 0 Å². The summed E-state index contributed by atoms with van der Waals surface area (Å²) in [5.74, 6) is -0.892. The highest BCUT2D eigenvalue weighted by Crippen LogP contribution is 2.17. The van der Waals surface area contributed by atoms with Crippen molar-refractivity contribution in [1.29, 1.82) is 0 Å². The van der Waals surface area contributed by atoms with Gasteiger partial charge in [0.15, 0.2) is 6.10 Å². The molecule has 0 heterocycles. The SMILES string of the molecule is CC/C=C\C/C=C\C/C=C\C/C=C\C/C=C\C/C=C\C/C=C\C/C=C\CCCCCCCCC(=O)OCC(COC(=O)CCCCCCC/C=C\CCCCCCC)OC(=O)CCCCCCCCCCCCCCCCCCCCCC. The number of carbonyl (C=O) groups is 3. The van der Waals surface area contributed by atoms with Gasteiger partial charge < -0.3 is 14.2 Å². The van der Waals surface area contributed by atoms with E-state index in [-0.39, 0.29) is 31.1 Å². The molecule has 0 aromatic rings. The zero-order valence-corrected chi connectivity index (χ0v) is 54.7. The van der Waals surface area contributed by atoms with Crippen LogP contribution in [0.3, 0.4) is 0 Å². The van der Waals surface area contributed by atoms with Crippen LogP contribution in [-0.2, 0) is 28.6 Å². The van der Waals surface area contributed by atoms with Gasteiger partial charge in [-0.25, -0.2) is 0 Å². The van der Waals surface area contributed by atoms with E-state index in [0.29, 0.717) is 19.3 Å². The number of hydrogen-bond donors (Lipinski definition) is 0. The third kappa shape index (κ3) is 68.7. The van der Waals surface area contributed by atoms with Crippen molar-refractivity contribution in [2.24, 2.45) is 0 Å². The van der Waals surface area contributed by atoms with Gasteiger partial charge >= 0.3 is 17.9 Å². The minimum atomic E-state index is -0.789. The minimum Gasteiger partial charge on any atom is -0.462 e. The van der Waals surface area contributed by atoms with E-state index in [0.717, 1.165) is 128 Å². The van der Waals surface area contributed by atoms with Crippen molar-refractivity contribution in [3.05, 3.63) is 109 Å². The Hall–Kier alpha value is -3.93. The lowest BCUT2D eigenvalue weighted by Gasteiger charge is -2.18. The van der Waals surface area contributed by atoms with Gasteiger partial charge in [-0.2, -0.15) is 0 Å². The maximum atomic E-state index is 13.0. The molecule has 0 aliphatic heterocycles. The van der Waals surface area contributed by atoms with Gasteiger partial charge in [0, 0.05) is 19.3 Å². The summed E-state index contributed by atoms with van der Waals surface area (Å²) in [6, 6.07) is 0. The van der Waals surface area contributed by atoms with E-state index in [2.05, 4.69) is 130 Å². The zero-order valence-electron chi connectivity index (χ0n) is 54.7. The normalized spacial score (nSPS) is 12.8. The molecule has 6 nitrogen and oxygen atoms in total. The topological polar surface area (TPSA) is 78.9 Å². The van der Waals surface area contributed by atoms with Crippen LogP contribution < -0.4 is 0 Å². The van der Waals surface area contributed by atoms with Gasteiger partial charge in [0.1, 0.15) is 13.2 Å². The Morgan fingerprint density at radius 1 is 0.253 bits per heavy atom. The molecule has 0 N–H and O–H groups in total. The van der Waals surface area contributed by atoms with Gasteiger partial charge in [0.2, 0.25) is 0 Å². The fourth-order valence-corrected chi connectivity index (χ4v) is 9.99. The van der Waals surface area contributed by atoms with Crippen LogP contribution in [0, 0.1) is 0 Å². The maximum Gasteiger partial charge on any atom is 0.306 e. The van der Waals surface area contributed by atoms with Gasteiger partial charge in [-0.1, -0.05) is 323 Å². The van der Waals surface area contributed by atoms with Crippen LogP contribution in [0.25, 0.3) is 0 Å². The second-order valence-corrected chi connectivity index (χ2v) is 23.4. The van der Waals surface area contributed by atoms with Crippen molar-refractivity contribution >= 4 is 17.9 Å². The summed E-state index contributed by atoms with van der Waals surface area (Å²) in [6.45, 7) is 6.54. The molecule has 476 valence electrons. The smallest absolute Gasteiger partial charge is 0.306 e. The molecule has 0 bridgehead atoms. The number of rotatable bonds is 64. The summed E-state index contributed by atoms with van der Waals surface area (Å²) in [7, 11) is 0. The minimum absolute atomic E-state index is 0.0843. The monoisotopic (exact) mass is 1150 g/mol. The van der Waals surface area contributed by atoms with Gasteiger partial charge in [-0.3, -0.25) is 14.4 Å². The van der Waals surface area contributed by atoms with Gasteiger partial charge in [-0.15, -0.1) is 0 Å². The Labute approximate surface area is 514 Å². The molecular formula is C77H132O6. The van der Waals surface area contributed by atoms with Crippen molar-refractivity contribution in [2.45, 2.75) is 348 Å². The molecular weight excluding hydrogens is 1020 g/mol. The molecule has 6 heteroatoms. The first kappa shape index (κ1) is 79.1. The molecule has 0 rings (SSSR count). The summed E-state index contributed by atoms with van der Waals surface area (Å²) >= 11 is 0. The first-order valence-electron chi connectivity index (χ1n) is 35.4. The number of hydrogen-bond acceptors (Lipinski definition) is 6. The molecule has 0 fully saturated rings. The Balaban J connectivity index is 4.33. The molecule has 1 unspecified atom stereocenters. The molecule has 0 aliphatic carbocycles. The second kappa shape index (κ2) is 70.6. The third-order valence-corrected chi connectivity index (χ3v) is 15.3. The zero-order chi connectivity index (χ0) is 59.9. The highest BCUT2D eigenvalue weighted by atomic mass is 16.6. The lowest BCUT2D eigenvalue weighted by atomic mass is 10.0. The summed E-state index contributed by atoms with van der Waals surface area (Å²) in [6.07, 6.45) is 96.8. The number of carbonyl (C=O) groups excluding carboxylic acids is 3. The van der Waals surface area contributed by atoms with Crippen molar-refractivity contribution in [1.82, 2.24) is 0 Å². The molecule has 0 saturated carbocycles. The molecule has 0 aliphatic rings. The van der Waals surface area contributed by atoms with Crippen molar-refractivity contribution in [3.63, 3.8) is 0 Å². The largest absolute Gasteiger partial charge is 0.462 e. The average Bonchev–Trinajstić information content (AvgIpc) is 3.49. The van der Waals surface area contributed by atoms with Crippen molar-refractivity contribution in [2.75, 3.05) is 13.2 Å². The summed E-state index contributed by atoms with van der Waals surface area (Å²) < 4.78 is 17.0. The van der Waals surface area contributed by atoms with E-state index in [1.54, 1.807) is 0 Å². The number of unbranched alkanes of at least 4 members (excludes halogenated alkanes) is 35. The number of allylic oxidation sites excluding steroid dienone is 18. The van der Waals surface area contributed by atoms with E-state index in [9.17, 15) is 14.4 Å². The molecule has 0 aromatic carbocycles. The van der Waals surface area contributed by atoms with Gasteiger partial charge in [0.05, 0.1) is 0 Å². The Bertz CT molecular complexity index is 1660. The lowest BCUT2D eigenvalue weighted by Crippen LogP contribution is -2.30. The van der Waals surface area contributed by atoms with E-state index in [4.69, 9.17) is 14.2 Å². The van der Waals surface area contributed by atoms with Crippen LogP contribution in [0.4, 0.5) is 0 Å². The molecule has 0 saturated heterocycles. The highest BCUT2D eigenvalue weighted by molar-refractivity contribution is 5.71. The number of ether oxygens (including phenoxy) is 3. The van der Waals surface area contributed by atoms with Gasteiger partial charge in [-0.05, 0) is 109 Å². The molecule has 0 radical (unpaired) electrons. The average molecular weight is 1150 g/mol. The van der Waals surface area contributed by atoms with Crippen molar-refractivity contribution in [3.8, 4) is 0 Å². The van der Waals surface area contributed by atoms with Crippen LogP contribution in [-0.4, -0.2) is 37.2 Å². The van der Waals surface area contributed by atoms with Crippen LogP contribution in [0.1, 0.15) is 342 Å². The standard InChI is InChI=1S/C77H132O6/c1-4-7-10-13-16-19-22-25-28-30-32-34-35-36-37-38-39-40-41-42-43-44-46-47-49-52-55-58-61-64-67-70-76(79)82-73-74(72-81-75(78)69-66-63-60-57-54-51-27-24-21-18-15-12-9-6-3)83-77(80)71-68-65-62-59-56-53-50-48-45-33-31-29-26-23-20-17-14-11-8-5-2/h7,10,16,19,24-25,27-28,32,34,36-37,39-40,42-43,46-47,74H,4-6,8-9,11-15,17-18,20-23,26,29-31,33,35,38,41,44-45,48-73H2,1-3H3/b10-7-,19-16-,27-24-,28-25-,34-32-,37-36-,40-39-,43-42-,47-46-. The quantitative estimate of drug-likeness (QED) is 0.0261. The molecule has 83 heavy (non-hydrogen) atoms. The second-order valence-electron chi connectivity index (χ2n) is 23.4. The predicted octanol–water partition coefficient (Wildman–Crippen LogP) is 24.6. The Morgan fingerprint density at radius 2 is 0.470 bits per heavy atom. The van der Waals surface area contributed by atoms with Crippen LogP contribution >= 0.6 is 0 Å². The van der Waals surface area contributed by atoms with Crippen molar-refractivity contribution < 1.29 is 28.6 Å². The Kier molecular flexibility index (Phi) is 67.2. The van der Waals surface area contributed by atoms with Gasteiger partial charge in [0.25, 0.3) is 0 Å². The number of esters is 3. The summed E-state index contributed by atoms with van der Waals surface area (Å²) in [5.41, 5.74) is 0. The predicted molar refractivity (Wildman–Crippen MR) is 362 cm³/mol. The summed E-state index contributed by atoms with van der Waals surface area (Å²) in [5, 5.41) is 0. The third-order valence-electron chi connectivity index (χ3n) is 15.3. The lowest BCUT2D eigenvalue weighted by molar-refractivity contribution is -0.167. The van der Waals surface area contributed by atoms with E-state index >= 15 is 0 Å². The Morgan fingerprint density at radius 3 is 0.747 bits per heavy atom. The molecule has 1 atom stereocenters. The van der Waals surface area contributed by atoms with Crippen LogP contribution in [0.15, 0.2) is 109 Å². The maximum absolute atomic E-state index is 13.0. The first-order chi connectivity index (χ1) is 41.0. The fraction of sp³-hybridized carbons (Fsp3) is 0.727. The van der Waals surface area contributed by atoms with Crippen LogP contribution in [0.2, 0.25) is 0 Å². The fourth-order valence-electron chi connectivity index (χ4n) is 9.99. The molecule has 0 spiro atoms. The molecule has 0 amide bonds. The van der Waals surface area contributed by atoms with E-state index in [1.165, 1.54) is 173 Å². The van der Waals surface area contributed by atoms with E-state index < -0.39 is 6.10 Å². The summed E-state index contributed by atoms with van der Waals surface area (Å²) in [4.78, 5) is 38.4.